The molecule has 82 valence electrons. The lowest BCUT2D eigenvalue weighted by Crippen LogP contribution is -2.59. The van der Waals surface area contributed by atoms with Gasteiger partial charge in [-0.05, 0) is 12.8 Å². The first-order valence-electron chi connectivity index (χ1n) is 5.73. The second-order valence-electron chi connectivity index (χ2n) is 4.88. The maximum atomic E-state index is 10.6. The van der Waals surface area contributed by atoms with Gasteiger partial charge in [0.1, 0.15) is 0 Å². The zero-order valence-electron chi connectivity index (χ0n) is 8.80. The second kappa shape index (κ2) is 3.80. The summed E-state index contributed by atoms with van der Waals surface area (Å²) in [5.41, 5.74) is 5.05. The van der Waals surface area contributed by atoms with E-state index in [2.05, 4.69) is 0 Å². The Morgan fingerprint density at radius 2 is 1.86 bits per heavy atom. The quantitative estimate of drug-likeness (QED) is 0.663. The fourth-order valence-electron chi connectivity index (χ4n) is 3.06. The highest BCUT2D eigenvalue weighted by Gasteiger charge is 2.51. The van der Waals surface area contributed by atoms with E-state index >= 15 is 0 Å². The number of rotatable bonds is 1. The molecule has 0 aromatic rings. The highest BCUT2D eigenvalue weighted by Crippen LogP contribution is 2.48. The summed E-state index contributed by atoms with van der Waals surface area (Å²) in [6.07, 6.45) is 6.60. The van der Waals surface area contributed by atoms with Crippen LogP contribution in [0.3, 0.4) is 0 Å². The molecule has 1 aliphatic carbocycles. The summed E-state index contributed by atoms with van der Waals surface area (Å²) in [5, 5.41) is 10.6. The SMILES string of the molecule is NCC1(O)CCOCC12CCCCC2. The molecule has 3 heteroatoms. The predicted octanol–water partition coefficient (Wildman–Crippen LogP) is 1.05. The molecule has 1 atom stereocenters. The third-order valence-corrected chi connectivity index (χ3v) is 4.17. The van der Waals surface area contributed by atoms with Crippen LogP contribution in [0.5, 0.6) is 0 Å². The Bertz CT molecular complexity index is 193. The second-order valence-corrected chi connectivity index (χ2v) is 4.88. The van der Waals surface area contributed by atoms with Crippen molar-refractivity contribution in [3.63, 3.8) is 0 Å². The van der Waals surface area contributed by atoms with Crippen LogP contribution < -0.4 is 5.73 Å². The summed E-state index contributed by atoms with van der Waals surface area (Å²) in [7, 11) is 0. The third-order valence-electron chi connectivity index (χ3n) is 4.17. The molecule has 0 amide bonds. The lowest BCUT2D eigenvalue weighted by Gasteiger charge is -2.51. The molecule has 3 nitrogen and oxygen atoms in total. The van der Waals surface area contributed by atoms with Crippen LogP contribution in [0.1, 0.15) is 38.5 Å². The molecule has 2 aliphatic rings. The number of aliphatic hydroxyl groups is 1. The Morgan fingerprint density at radius 3 is 2.50 bits per heavy atom. The van der Waals surface area contributed by atoms with Crippen molar-refractivity contribution in [3.8, 4) is 0 Å². The van der Waals surface area contributed by atoms with Crippen molar-refractivity contribution in [2.24, 2.45) is 11.1 Å². The Labute approximate surface area is 85.6 Å². The molecule has 1 unspecified atom stereocenters. The zero-order chi connectivity index (χ0) is 10.1. The third kappa shape index (κ3) is 1.47. The molecule has 1 saturated carbocycles. The zero-order valence-corrected chi connectivity index (χ0v) is 8.80. The van der Waals surface area contributed by atoms with E-state index in [0.29, 0.717) is 26.2 Å². The molecule has 0 aromatic carbocycles. The van der Waals surface area contributed by atoms with Gasteiger partial charge in [0.15, 0.2) is 0 Å². The molecular weight excluding hydrogens is 178 g/mol. The highest BCUT2D eigenvalue weighted by molar-refractivity contribution is 5.02. The van der Waals surface area contributed by atoms with E-state index in [-0.39, 0.29) is 5.41 Å². The van der Waals surface area contributed by atoms with Crippen LogP contribution in [0.15, 0.2) is 0 Å². The van der Waals surface area contributed by atoms with E-state index in [9.17, 15) is 5.11 Å². The number of ether oxygens (including phenoxy) is 1. The maximum absolute atomic E-state index is 10.6. The number of hydrogen-bond donors (Lipinski definition) is 2. The monoisotopic (exact) mass is 199 g/mol. The molecule has 0 aromatic heterocycles. The highest BCUT2D eigenvalue weighted by atomic mass is 16.5. The Balaban J connectivity index is 2.19. The van der Waals surface area contributed by atoms with Gasteiger partial charge in [0.05, 0.1) is 12.2 Å². The fourth-order valence-corrected chi connectivity index (χ4v) is 3.06. The molecule has 2 fully saturated rings. The summed E-state index contributed by atoms with van der Waals surface area (Å²) in [4.78, 5) is 0. The summed E-state index contributed by atoms with van der Waals surface area (Å²) >= 11 is 0. The van der Waals surface area contributed by atoms with E-state index in [4.69, 9.17) is 10.5 Å². The van der Waals surface area contributed by atoms with Crippen LogP contribution in [0, 0.1) is 5.41 Å². The predicted molar refractivity (Wildman–Crippen MR) is 55.0 cm³/mol. The molecule has 1 saturated heterocycles. The lowest BCUT2D eigenvalue weighted by molar-refractivity contribution is -0.179. The van der Waals surface area contributed by atoms with E-state index in [1.165, 1.54) is 19.3 Å². The molecule has 14 heavy (non-hydrogen) atoms. The van der Waals surface area contributed by atoms with E-state index in [1.807, 2.05) is 0 Å². The van der Waals surface area contributed by atoms with Gasteiger partial charge >= 0.3 is 0 Å². The summed E-state index contributed by atoms with van der Waals surface area (Å²) < 4.78 is 5.54. The van der Waals surface area contributed by atoms with Gasteiger partial charge in [-0.3, -0.25) is 0 Å². The van der Waals surface area contributed by atoms with Crippen LogP contribution in [0.4, 0.5) is 0 Å². The molecule has 2 rings (SSSR count). The first kappa shape index (κ1) is 10.4. The molecule has 1 heterocycles. The van der Waals surface area contributed by atoms with Crippen LogP contribution >= 0.6 is 0 Å². The van der Waals surface area contributed by atoms with Gasteiger partial charge in [0.25, 0.3) is 0 Å². The van der Waals surface area contributed by atoms with Crippen molar-refractivity contribution in [2.45, 2.75) is 44.1 Å². The smallest absolute Gasteiger partial charge is 0.0869 e. The first-order valence-corrected chi connectivity index (χ1v) is 5.73. The summed E-state index contributed by atoms with van der Waals surface area (Å²) in [5.74, 6) is 0. The van der Waals surface area contributed by atoms with Crippen LogP contribution in [0.2, 0.25) is 0 Å². The number of nitrogens with two attached hydrogens (primary N) is 1. The van der Waals surface area contributed by atoms with Gasteiger partial charge < -0.3 is 15.6 Å². The van der Waals surface area contributed by atoms with Crippen LogP contribution in [-0.2, 0) is 4.74 Å². The first-order chi connectivity index (χ1) is 6.72. The normalized spacial score (nSPS) is 37.3. The molecule has 1 aliphatic heterocycles. The molecule has 3 N–H and O–H groups in total. The lowest BCUT2D eigenvalue weighted by atomic mass is 9.61. The topological polar surface area (TPSA) is 55.5 Å². The Kier molecular flexibility index (Phi) is 2.82. The molecule has 0 bridgehead atoms. The summed E-state index contributed by atoms with van der Waals surface area (Å²) in [6.45, 7) is 1.76. The van der Waals surface area contributed by atoms with Crippen LogP contribution in [-0.4, -0.2) is 30.5 Å². The minimum Gasteiger partial charge on any atom is -0.388 e. The van der Waals surface area contributed by atoms with Gasteiger partial charge in [-0.25, -0.2) is 0 Å². The fraction of sp³-hybridized carbons (Fsp3) is 1.00. The average Bonchev–Trinajstić information content (AvgIpc) is 2.24. The van der Waals surface area contributed by atoms with Crippen molar-refractivity contribution in [3.05, 3.63) is 0 Å². The maximum Gasteiger partial charge on any atom is 0.0869 e. The molecule has 0 radical (unpaired) electrons. The minimum absolute atomic E-state index is 0.0295. The van der Waals surface area contributed by atoms with Crippen molar-refractivity contribution in [2.75, 3.05) is 19.8 Å². The Hall–Kier alpha value is -0.120. The van der Waals surface area contributed by atoms with Gasteiger partial charge in [0.2, 0.25) is 0 Å². The van der Waals surface area contributed by atoms with E-state index in [1.54, 1.807) is 0 Å². The van der Waals surface area contributed by atoms with E-state index < -0.39 is 5.60 Å². The minimum atomic E-state index is -0.661. The Morgan fingerprint density at radius 1 is 1.14 bits per heavy atom. The van der Waals surface area contributed by atoms with Gasteiger partial charge in [-0.15, -0.1) is 0 Å². The van der Waals surface area contributed by atoms with Gasteiger partial charge in [0, 0.05) is 25.0 Å². The van der Waals surface area contributed by atoms with Crippen molar-refractivity contribution < 1.29 is 9.84 Å². The standard InChI is InChI=1S/C11H21NO2/c12-8-11(13)6-7-14-9-10(11)4-2-1-3-5-10/h13H,1-9,12H2. The summed E-state index contributed by atoms with van der Waals surface area (Å²) in [6, 6.07) is 0. The van der Waals surface area contributed by atoms with E-state index in [0.717, 1.165) is 12.8 Å². The number of hydrogen-bond acceptors (Lipinski definition) is 3. The van der Waals surface area contributed by atoms with Crippen molar-refractivity contribution in [1.29, 1.82) is 0 Å². The largest absolute Gasteiger partial charge is 0.388 e. The van der Waals surface area contributed by atoms with Gasteiger partial charge in [-0.2, -0.15) is 0 Å². The molecule has 1 spiro atoms. The van der Waals surface area contributed by atoms with Gasteiger partial charge in [-0.1, -0.05) is 19.3 Å². The average molecular weight is 199 g/mol. The van der Waals surface area contributed by atoms with Crippen molar-refractivity contribution >= 4 is 0 Å². The van der Waals surface area contributed by atoms with Crippen molar-refractivity contribution in [1.82, 2.24) is 0 Å². The molecular formula is C11H21NO2. The van der Waals surface area contributed by atoms with Crippen LogP contribution in [0.25, 0.3) is 0 Å².